The molecule has 0 unspecified atom stereocenters. The first-order chi connectivity index (χ1) is 9.08. The number of aliphatic carboxylic acids is 1. The van der Waals surface area contributed by atoms with Gasteiger partial charge in [0.2, 0.25) is 10.0 Å². The molecule has 1 saturated carbocycles. The normalized spacial score (nSPS) is 16.6. The highest BCUT2D eigenvalue weighted by molar-refractivity contribution is 7.89. The molecule has 1 heterocycles. The van der Waals surface area contributed by atoms with Gasteiger partial charge in [-0.15, -0.1) is 0 Å². The van der Waals surface area contributed by atoms with Crippen LogP contribution < -0.4 is 0 Å². The second kappa shape index (κ2) is 4.56. The van der Waals surface area contributed by atoms with Gasteiger partial charge in [-0.3, -0.25) is 9.48 Å². The van der Waals surface area contributed by atoms with Crippen molar-refractivity contribution in [1.29, 1.82) is 0 Å². The molecule has 7 nitrogen and oxygen atoms in total. The van der Waals surface area contributed by atoms with E-state index in [9.17, 15) is 18.3 Å². The van der Waals surface area contributed by atoms with Crippen LogP contribution in [0.3, 0.4) is 0 Å². The molecule has 1 aromatic heterocycles. The molecule has 1 fully saturated rings. The van der Waals surface area contributed by atoms with Crippen molar-refractivity contribution in [2.75, 3.05) is 7.05 Å². The first kappa shape index (κ1) is 15.0. The zero-order valence-electron chi connectivity index (χ0n) is 12.0. The number of carboxylic acid groups (broad SMARTS) is 1. The molecule has 8 heteroatoms. The minimum atomic E-state index is -3.89. The van der Waals surface area contributed by atoms with Gasteiger partial charge in [-0.1, -0.05) is 0 Å². The Kier molecular flexibility index (Phi) is 3.42. The second-order valence-corrected chi connectivity index (χ2v) is 7.60. The van der Waals surface area contributed by atoms with Crippen LogP contribution in [0, 0.1) is 0 Å². The van der Waals surface area contributed by atoms with E-state index >= 15 is 0 Å². The monoisotopic (exact) mass is 301 g/mol. The number of likely N-dealkylation sites (N-methyl/N-ethyl adjacent to an activating group) is 1. The van der Waals surface area contributed by atoms with Crippen molar-refractivity contribution in [3.63, 3.8) is 0 Å². The Labute approximate surface area is 118 Å². The molecule has 20 heavy (non-hydrogen) atoms. The maximum atomic E-state index is 12.7. The molecule has 0 bridgehead atoms. The fourth-order valence-corrected chi connectivity index (χ4v) is 3.64. The van der Waals surface area contributed by atoms with Gasteiger partial charge in [0.15, 0.2) is 0 Å². The SMILES string of the molecule is CN(C(C)(C)C(=O)O)S(=O)(=O)c1cn(C)nc1C1CC1. The van der Waals surface area contributed by atoms with Crippen LogP contribution in [0.4, 0.5) is 0 Å². The summed E-state index contributed by atoms with van der Waals surface area (Å²) in [6.07, 6.45) is 3.29. The average Bonchev–Trinajstić information content (AvgIpc) is 3.10. The van der Waals surface area contributed by atoms with Crippen molar-refractivity contribution in [3.05, 3.63) is 11.9 Å². The van der Waals surface area contributed by atoms with E-state index in [0.29, 0.717) is 5.69 Å². The number of aromatic nitrogens is 2. The lowest BCUT2D eigenvalue weighted by atomic mass is 10.1. The number of hydrogen-bond acceptors (Lipinski definition) is 4. The molecule has 0 saturated heterocycles. The number of aryl methyl sites for hydroxylation is 1. The van der Waals surface area contributed by atoms with Gasteiger partial charge in [0, 0.05) is 26.2 Å². The van der Waals surface area contributed by atoms with Crippen LogP contribution >= 0.6 is 0 Å². The topological polar surface area (TPSA) is 92.5 Å². The summed E-state index contributed by atoms with van der Waals surface area (Å²) in [5.74, 6) is -1.03. The molecule has 1 N–H and O–H groups in total. The van der Waals surface area contributed by atoms with E-state index in [1.807, 2.05) is 0 Å². The Morgan fingerprint density at radius 1 is 1.50 bits per heavy atom. The molecule has 2 rings (SSSR count). The van der Waals surface area contributed by atoms with Crippen LogP contribution in [0.1, 0.15) is 38.3 Å². The maximum Gasteiger partial charge on any atom is 0.324 e. The summed E-state index contributed by atoms with van der Waals surface area (Å²) in [7, 11) is -0.943. The lowest BCUT2D eigenvalue weighted by molar-refractivity contribution is -0.145. The molecule has 0 spiro atoms. The largest absolute Gasteiger partial charge is 0.480 e. The van der Waals surface area contributed by atoms with Crippen molar-refractivity contribution < 1.29 is 18.3 Å². The Morgan fingerprint density at radius 2 is 2.05 bits per heavy atom. The summed E-state index contributed by atoms with van der Waals surface area (Å²) in [5, 5.41) is 13.4. The number of rotatable bonds is 5. The van der Waals surface area contributed by atoms with Gasteiger partial charge in [-0.25, -0.2) is 8.42 Å². The van der Waals surface area contributed by atoms with Crippen LogP contribution in [0.2, 0.25) is 0 Å². The fraction of sp³-hybridized carbons (Fsp3) is 0.667. The summed E-state index contributed by atoms with van der Waals surface area (Å²) in [6.45, 7) is 2.72. The Morgan fingerprint density at radius 3 is 2.50 bits per heavy atom. The standard InChI is InChI=1S/C12H19N3O4S/c1-12(2,11(16)17)15(4)20(18,19)9-7-14(3)13-10(9)8-5-6-8/h7-8H,5-6H2,1-4H3,(H,16,17). The van der Waals surface area contributed by atoms with Crippen LogP contribution in [0.5, 0.6) is 0 Å². The first-order valence-corrected chi connectivity index (χ1v) is 7.78. The van der Waals surface area contributed by atoms with Crippen molar-refractivity contribution in [2.45, 2.75) is 43.0 Å². The smallest absolute Gasteiger partial charge is 0.324 e. The minimum absolute atomic E-state index is 0.110. The Bertz CT molecular complexity index is 644. The number of hydrogen-bond donors (Lipinski definition) is 1. The number of carbonyl (C=O) groups is 1. The summed E-state index contributed by atoms with van der Waals surface area (Å²) in [4.78, 5) is 11.4. The van der Waals surface area contributed by atoms with E-state index in [2.05, 4.69) is 5.10 Å². The number of nitrogens with zero attached hydrogens (tertiary/aromatic N) is 3. The van der Waals surface area contributed by atoms with Crippen molar-refractivity contribution >= 4 is 16.0 Å². The van der Waals surface area contributed by atoms with Gasteiger partial charge in [0.05, 0.1) is 5.69 Å². The molecule has 1 aliphatic rings. The third kappa shape index (κ3) is 2.33. The quantitative estimate of drug-likeness (QED) is 0.867. The summed E-state index contributed by atoms with van der Waals surface area (Å²) in [6, 6.07) is 0. The molecule has 0 aliphatic heterocycles. The van der Waals surface area contributed by atoms with Crippen molar-refractivity contribution in [1.82, 2.24) is 14.1 Å². The highest BCUT2D eigenvalue weighted by atomic mass is 32.2. The summed E-state index contributed by atoms with van der Waals surface area (Å²) >= 11 is 0. The van der Waals surface area contributed by atoms with Crippen molar-refractivity contribution in [2.24, 2.45) is 7.05 Å². The van der Waals surface area contributed by atoms with E-state index < -0.39 is 21.5 Å². The molecule has 1 aliphatic carbocycles. The minimum Gasteiger partial charge on any atom is -0.480 e. The zero-order valence-corrected chi connectivity index (χ0v) is 12.8. The van der Waals surface area contributed by atoms with Gasteiger partial charge >= 0.3 is 5.97 Å². The van der Waals surface area contributed by atoms with E-state index in [0.717, 1.165) is 17.1 Å². The van der Waals surface area contributed by atoms with E-state index in [-0.39, 0.29) is 10.8 Å². The van der Waals surface area contributed by atoms with Gasteiger partial charge in [-0.05, 0) is 26.7 Å². The lowest BCUT2D eigenvalue weighted by Gasteiger charge is -2.30. The molecular weight excluding hydrogens is 282 g/mol. The van der Waals surface area contributed by atoms with E-state index in [1.54, 1.807) is 7.05 Å². The second-order valence-electron chi connectivity index (χ2n) is 5.66. The highest BCUT2D eigenvalue weighted by Crippen LogP contribution is 2.42. The maximum absolute atomic E-state index is 12.7. The number of sulfonamides is 1. The molecule has 0 aromatic carbocycles. The lowest BCUT2D eigenvalue weighted by Crippen LogP contribution is -2.50. The average molecular weight is 301 g/mol. The molecule has 0 radical (unpaired) electrons. The molecule has 0 amide bonds. The third-order valence-electron chi connectivity index (χ3n) is 3.74. The van der Waals surface area contributed by atoms with Gasteiger partial charge in [0.25, 0.3) is 0 Å². The van der Waals surface area contributed by atoms with Crippen molar-refractivity contribution in [3.8, 4) is 0 Å². The molecular formula is C12H19N3O4S. The van der Waals surface area contributed by atoms with Crippen LogP contribution in [0.15, 0.2) is 11.1 Å². The predicted molar refractivity (Wildman–Crippen MR) is 71.8 cm³/mol. The molecule has 0 atom stereocenters. The Balaban J connectivity index is 2.48. The van der Waals surface area contributed by atoms with Crippen LogP contribution in [-0.4, -0.2) is 46.2 Å². The molecule has 112 valence electrons. The predicted octanol–water partition coefficient (Wildman–Crippen LogP) is 0.781. The molecule has 1 aromatic rings. The first-order valence-electron chi connectivity index (χ1n) is 6.34. The zero-order chi connectivity index (χ0) is 15.3. The van der Waals surface area contributed by atoms with Crippen LogP contribution in [-0.2, 0) is 21.9 Å². The van der Waals surface area contributed by atoms with E-state index in [4.69, 9.17) is 0 Å². The Hall–Kier alpha value is -1.41. The third-order valence-corrected chi connectivity index (χ3v) is 5.78. The van der Waals surface area contributed by atoms with Gasteiger partial charge < -0.3 is 5.11 Å². The summed E-state index contributed by atoms with van der Waals surface area (Å²) < 4.78 is 27.7. The highest BCUT2D eigenvalue weighted by Gasteiger charge is 2.43. The fourth-order valence-electron chi connectivity index (χ4n) is 1.90. The van der Waals surface area contributed by atoms with Gasteiger partial charge in [0.1, 0.15) is 10.4 Å². The summed E-state index contributed by atoms with van der Waals surface area (Å²) in [5.41, 5.74) is -0.976. The van der Waals surface area contributed by atoms with Gasteiger partial charge in [-0.2, -0.15) is 9.40 Å². The number of carboxylic acids is 1. The van der Waals surface area contributed by atoms with E-state index in [1.165, 1.54) is 31.8 Å². The van der Waals surface area contributed by atoms with Crippen LogP contribution in [0.25, 0.3) is 0 Å².